The fraction of sp³-hybridized carbons (Fsp3) is 0.0952. The van der Waals surface area contributed by atoms with E-state index in [-0.39, 0.29) is 11.2 Å². The molecule has 0 fully saturated rings. The first-order valence-electron chi connectivity index (χ1n) is 8.62. The largest absolute Gasteiger partial charge is 0.324 e. The summed E-state index contributed by atoms with van der Waals surface area (Å²) < 4.78 is 1.98. The maximum absolute atomic E-state index is 12.7. The predicted molar refractivity (Wildman–Crippen MR) is 109 cm³/mol. The standard InChI is InChI=1S/C21H18N4OS/c1-15(27-21-23-13-14-25(21)16-7-3-2-4-8-16)20(26)24-19-11-5-10-18-17(19)9-6-12-22-18/h2-15H,1H3,(H,24,26)/t15-/m1/s1. The molecule has 0 aliphatic carbocycles. The monoisotopic (exact) mass is 374 g/mol. The number of pyridine rings is 1. The van der Waals surface area contributed by atoms with Crippen molar-refractivity contribution in [3.8, 4) is 5.69 Å². The highest BCUT2D eigenvalue weighted by molar-refractivity contribution is 8.00. The van der Waals surface area contributed by atoms with Crippen molar-refractivity contribution >= 4 is 34.3 Å². The van der Waals surface area contributed by atoms with Crippen LogP contribution in [0.5, 0.6) is 0 Å². The molecule has 6 heteroatoms. The van der Waals surface area contributed by atoms with E-state index in [1.54, 1.807) is 12.4 Å². The molecule has 1 atom stereocenters. The van der Waals surface area contributed by atoms with Gasteiger partial charge in [0.1, 0.15) is 0 Å². The number of hydrogen-bond donors (Lipinski definition) is 1. The summed E-state index contributed by atoms with van der Waals surface area (Å²) in [6, 6.07) is 19.5. The molecule has 0 aliphatic heterocycles. The van der Waals surface area contributed by atoms with Gasteiger partial charge in [0.25, 0.3) is 0 Å². The lowest BCUT2D eigenvalue weighted by Gasteiger charge is -2.14. The normalized spacial score (nSPS) is 12.0. The maximum atomic E-state index is 12.7. The van der Waals surface area contributed by atoms with E-state index in [2.05, 4.69) is 15.3 Å². The molecule has 2 aromatic carbocycles. The van der Waals surface area contributed by atoms with Gasteiger partial charge in [0.05, 0.1) is 16.5 Å². The van der Waals surface area contributed by atoms with E-state index < -0.39 is 0 Å². The Labute approximate surface area is 161 Å². The van der Waals surface area contributed by atoms with Gasteiger partial charge in [-0.2, -0.15) is 0 Å². The molecule has 0 radical (unpaired) electrons. The van der Waals surface area contributed by atoms with Crippen LogP contribution < -0.4 is 5.32 Å². The highest BCUT2D eigenvalue weighted by atomic mass is 32.2. The van der Waals surface area contributed by atoms with E-state index in [9.17, 15) is 4.79 Å². The smallest absolute Gasteiger partial charge is 0.237 e. The minimum atomic E-state index is -0.304. The number of hydrogen-bond acceptors (Lipinski definition) is 4. The Morgan fingerprint density at radius 2 is 1.85 bits per heavy atom. The van der Waals surface area contributed by atoms with Crippen molar-refractivity contribution in [2.45, 2.75) is 17.3 Å². The Morgan fingerprint density at radius 1 is 1.00 bits per heavy atom. The Balaban J connectivity index is 1.52. The lowest BCUT2D eigenvalue weighted by molar-refractivity contribution is -0.115. The van der Waals surface area contributed by atoms with Crippen LogP contribution in [-0.4, -0.2) is 25.7 Å². The first kappa shape index (κ1) is 17.3. The molecular weight excluding hydrogens is 356 g/mol. The van der Waals surface area contributed by atoms with Crippen molar-refractivity contribution in [3.63, 3.8) is 0 Å². The molecule has 0 aliphatic rings. The zero-order chi connectivity index (χ0) is 18.6. The number of thioether (sulfide) groups is 1. The molecule has 1 N–H and O–H groups in total. The number of benzene rings is 2. The lowest BCUT2D eigenvalue weighted by atomic mass is 10.2. The zero-order valence-corrected chi connectivity index (χ0v) is 15.6. The van der Waals surface area contributed by atoms with Gasteiger partial charge in [0.2, 0.25) is 5.91 Å². The molecule has 5 nitrogen and oxygen atoms in total. The van der Waals surface area contributed by atoms with Crippen molar-refractivity contribution in [2.75, 3.05) is 5.32 Å². The van der Waals surface area contributed by atoms with Gasteiger partial charge in [-0.15, -0.1) is 0 Å². The summed E-state index contributed by atoms with van der Waals surface area (Å²) in [7, 11) is 0. The van der Waals surface area contributed by atoms with Gasteiger partial charge in [-0.3, -0.25) is 14.3 Å². The van der Waals surface area contributed by atoms with Crippen LogP contribution in [0.15, 0.2) is 84.4 Å². The van der Waals surface area contributed by atoms with Crippen molar-refractivity contribution < 1.29 is 4.79 Å². The molecule has 0 unspecified atom stereocenters. The molecule has 27 heavy (non-hydrogen) atoms. The summed E-state index contributed by atoms with van der Waals surface area (Å²) in [5.74, 6) is -0.0704. The Morgan fingerprint density at radius 3 is 2.70 bits per heavy atom. The number of anilines is 1. The number of fused-ring (bicyclic) bond motifs is 1. The number of rotatable bonds is 5. The highest BCUT2D eigenvalue weighted by Crippen LogP contribution is 2.27. The average molecular weight is 374 g/mol. The Kier molecular flexibility index (Phi) is 4.89. The lowest BCUT2D eigenvalue weighted by Crippen LogP contribution is -2.23. The summed E-state index contributed by atoms with van der Waals surface area (Å²) in [6.07, 6.45) is 5.39. The van der Waals surface area contributed by atoms with Crippen molar-refractivity contribution in [1.82, 2.24) is 14.5 Å². The van der Waals surface area contributed by atoms with E-state index in [0.29, 0.717) is 0 Å². The first-order valence-corrected chi connectivity index (χ1v) is 9.50. The third kappa shape index (κ3) is 3.71. The SMILES string of the molecule is C[C@@H](Sc1nccn1-c1ccccc1)C(=O)Nc1cccc2ncccc12. The van der Waals surface area contributed by atoms with Crippen LogP contribution in [0.4, 0.5) is 5.69 Å². The zero-order valence-electron chi connectivity index (χ0n) is 14.7. The van der Waals surface area contributed by atoms with E-state index in [1.165, 1.54) is 11.8 Å². The number of amides is 1. The highest BCUT2D eigenvalue weighted by Gasteiger charge is 2.18. The first-order chi connectivity index (χ1) is 13.2. The molecule has 1 amide bonds. The third-order valence-electron chi connectivity index (χ3n) is 4.20. The summed E-state index contributed by atoms with van der Waals surface area (Å²) in [4.78, 5) is 21.5. The van der Waals surface area contributed by atoms with Gasteiger partial charge < -0.3 is 5.32 Å². The van der Waals surface area contributed by atoms with Crippen LogP contribution in [0, 0.1) is 0 Å². The summed E-state index contributed by atoms with van der Waals surface area (Å²) in [5.41, 5.74) is 2.64. The number of nitrogens with zero attached hydrogens (tertiary/aromatic N) is 3. The summed E-state index contributed by atoms with van der Waals surface area (Å²) in [6.45, 7) is 1.88. The Hall–Kier alpha value is -3.12. The number of carbonyl (C=O) groups is 1. The van der Waals surface area contributed by atoms with Crippen LogP contribution >= 0.6 is 11.8 Å². The number of para-hydroxylation sites is 1. The maximum Gasteiger partial charge on any atom is 0.237 e. The molecule has 134 valence electrons. The number of imidazole rings is 1. The van der Waals surface area contributed by atoms with Gasteiger partial charge >= 0.3 is 0 Å². The van der Waals surface area contributed by atoms with Crippen molar-refractivity contribution in [3.05, 3.63) is 79.3 Å². The van der Waals surface area contributed by atoms with Gasteiger partial charge in [-0.1, -0.05) is 36.0 Å². The summed E-state index contributed by atoms with van der Waals surface area (Å²) >= 11 is 1.43. The molecule has 4 aromatic rings. The van der Waals surface area contributed by atoms with E-state index in [1.807, 2.05) is 78.4 Å². The minimum Gasteiger partial charge on any atom is -0.324 e. The topological polar surface area (TPSA) is 59.8 Å². The molecule has 0 saturated carbocycles. The average Bonchev–Trinajstić information content (AvgIpc) is 3.17. The van der Waals surface area contributed by atoms with Crippen LogP contribution in [0.2, 0.25) is 0 Å². The minimum absolute atomic E-state index is 0.0704. The Bertz CT molecular complexity index is 1070. The van der Waals surface area contributed by atoms with E-state index in [0.717, 1.165) is 27.4 Å². The third-order valence-corrected chi connectivity index (χ3v) is 5.28. The van der Waals surface area contributed by atoms with E-state index in [4.69, 9.17) is 0 Å². The number of aromatic nitrogens is 3. The van der Waals surface area contributed by atoms with Crippen molar-refractivity contribution in [1.29, 1.82) is 0 Å². The van der Waals surface area contributed by atoms with Crippen LogP contribution in [0.25, 0.3) is 16.6 Å². The fourth-order valence-electron chi connectivity index (χ4n) is 2.82. The number of nitrogens with one attached hydrogen (secondary N) is 1. The molecule has 4 rings (SSSR count). The predicted octanol–water partition coefficient (Wildman–Crippen LogP) is 4.54. The molecule has 0 spiro atoms. The molecular formula is C21H18N4OS. The second kappa shape index (κ2) is 7.63. The second-order valence-electron chi connectivity index (χ2n) is 6.04. The molecule has 2 aromatic heterocycles. The van der Waals surface area contributed by atoms with Crippen LogP contribution in [0.1, 0.15) is 6.92 Å². The molecule has 0 saturated heterocycles. The van der Waals surface area contributed by atoms with Gasteiger partial charge in [0, 0.05) is 29.7 Å². The molecule has 2 heterocycles. The number of carbonyl (C=O) groups excluding carboxylic acids is 1. The molecule has 0 bridgehead atoms. The van der Waals surface area contributed by atoms with Gasteiger partial charge in [-0.05, 0) is 43.3 Å². The van der Waals surface area contributed by atoms with Crippen LogP contribution in [-0.2, 0) is 4.79 Å². The fourth-order valence-corrected chi connectivity index (χ4v) is 3.70. The second-order valence-corrected chi connectivity index (χ2v) is 7.35. The van der Waals surface area contributed by atoms with Crippen LogP contribution in [0.3, 0.4) is 0 Å². The van der Waals surface area contributed by atoms with E-state index >= 15 is 0 Å². The van der Waals surface area contributed by atoms with Gasteiger partial charge in [0.15, 0.2) is 5.16 Å². The van der Waals surface area contributed by atoms with Gasteiger partial charge in [-0.25, -0.2) is 4.98 Å². The quantitative estimate of drug-likeness (QED) is 0.521. The summed E-state index contributed by atoms with van der Waals surface area (Å²) in [5, 5.41) is 4.42. The van der Waals surface area contributed by atoms with Crippen molar-refractivity contribution in [2.24, 2.45) is 0 Å².